The molecule has 0 unspecified atom stereocenters. The normalized spacial score (nSPS) is 11.2. The number of amides is 1. The van der Waals surface area contributed by atoms with Crippen molar-refractivity contribution in [2.45, 2.75) is 17.2 Å². The van der Waals surface area contributed by atoms with Gasteiger partial charge in [-0.2, -0.15) is 10.5 Å². The molecule has 0 saturated heterocycles. The molecule has 2 aromatic rings. The lowest BCUT2D eigenvalue weighted by molar-refractivity contribution is -0.115. The topological polar surface area (TPSA) is 116 Å². The lowest BCUT2D eigenvalue weighted by Crippen LogP contribution is -2.23. The second-order valence-corrected chi connectivity index (χ2v) is 6.20. The zero-order valence-corrected chi connectivity index (χ0v) is 13.7. The number of anilines is 2. The van der Waals surface area contributed by atoms with Crippen molar-refractivity contribution in [1.82, 2.24) is 4.98 Å². The first kappa shape index (κ1) is 18.2. The van der Waals surface area contributed by atoms with Crippen molar-refractivity contribution in [3.63, 3.8) is 0 Å². The van der Waals surface area contributed by atoms with Gasteiger partial charge in [0.05, 0.1) is 22.1 Å². The highest BCUT2D eigenvalue weighted by molar-refractivity contribution is 8.00. The number of halogens is 2. The van der Waals surface area contributed by atoms with Crippen molar-refractivity contribution < 1.29 is 13.6 Å². The van der Waals surface area contributed by atoms with E-state index >= 15 is 0 Å². The second-order valence-electron chi connectivity index (χ2n) is 4.87. The number of hydrogen-bond donors (Lipinski definition) is 2. The van der Waals surface area contributed by atoms with Gasteiger partial charge in [0, 0.05) is 6.07 Å². The minimum Gasteiger partial charge on any atom is -0.383 e. The summed E-state index contributed by atoms with van der Waals surface area (Å²) in [5.74, 6) is -2.13. The molecule has 0 spiro atoms. The maximum atomic E-state index is 13.6. The molecule has 0 saturated carbocycles. The molecule has 2 rings (SSSR count). The number of benzene rings is 1. The van der Waals surface area contributed by atoms with Crippen LogP contribution in [0.3, 0.4) is 0 Å². The smallest absolute Gasteiger partial charge is 0.237 e. The van der Waals surface area contributed by atoms with Gasteiger partial charge < -0.3 is 11.1 Å². The third-order valence-electron chi connectivity index (χ3n) is 3.10. The largest absolute Gasteiger partial charge is 0.383 e. The zero-order valence-electron chi connectivity index (χ0n) is 12.9. The summed E-state index contributed by atoms with van der Waals surface area (Å²) in [6, 6.07) is 7.67. The van der Waals surface area contributed by atoms with Crippen LogP contribution in [0.5, 0.6) is 0 Å². The van der Waals surface area contributed by atoms with Gasteiger partial charge in [-0.15, -0.1) is 0 Å². The number of nitrogens with two attached hydrogens (primary N) is 1. The van der Waals surface area contributed by atoms with Gasteiger partial charge in [0.25, 0.3) is 0 Å². The van der Waals surface area contributed by atoms with E-state index in [1.165, 1.54) is 13.0 Å². The van der Waals surface area contributed by atoms with Crippen LogP contribution in [0.4, 0.5) is 20.3 Å². The molecule has 1 heterocycles. The molecule has 0 aliphatic carbocycles. The molecule has 1 aromatic heterocycles. The lowest BCUT2D eigenvalue weighted by Gasteiger charge is -2.13. The van der Waals surface area contributed by atoms with Crippen LogP contribution in [0.2, 0.25) is 0 Å². The number of rotatable bonds is 4. The summed E-state index contributed by atoms with van der Waals surface area (Å²) in [6.45, 7) is 1.51. The molecule has 0 fully saturated rings. The summed E-state index contributed by atoms with van der Waals surface area (Å²) in [6.07, 6.45) is 0. The predicted molar refractivity (Wildman–Crippen MR) is 88.4 cm³/mol. The predicted octanol–water partition coefficient (Wildman–Crippen LogP) is 2.80. The van der Waals surface area contributed by atoms with Crippen LogP contribution < -0.4 is 11.1 Å². The molecule has 0 radical (unpaired) electrons. The van der Waals surface area contributed by atoms with Crippen molar-refractivity contribution in [3.05, 3.63) is 47.0 Å². The SMILES string of the molecule is C[C@@H](Sc1nc(N)c(C#N)cc1C#N)C(=O)Nc1cc(F)ccc1F. The fourth-order valence-corrected chi connectivity index (χ4v) is 2.70. The Kier molecular flexibility index (Phi) is 5.52. The summed E-state index contributed by atoms with van der Waals surface area (Å²) in [4.78, 5) is 16.1. The van der Waals surface area contributed by atoms with Gasteiger partial charge >= 0.3 is 0 Å². The molecular weight excluding hydrogens is 348 g/mol. The van der Waals surface area contributed by atoms with Crippen molar-refractivity contribution in [2.75, 3.05) is 11.1 Å². The Morgan fingerprint density at radius 2 is 1.96 bits per heavy atom. The number of nitrogen functional groups attached to an aromatic ring is 1. The third kappa shape index (κ3) is 4.22. The number of pyridine rings is 1. The van der Waals surface area contributed by atoms with Gasteiger partial charge in [-0.1, -0.05) is 11.8 Å². The molecular formula is C16H11F2N5OS. The van der Waals surface area contributed by atoms with Gasteiger partial charge in [0.1, 0.15) is 34.6 Å². The van der Waals surface area contributed by atoms with Gasteiger partial charge in [-0.3, -0.25) is 4.79 Å². The number of carbonyl (C=O) groups is 1. The van der Waals surface area contributed by atoms with E-state index in [2.05, 4.69) is 10.3 Å². The highest BCUT2D eigenvalue weighted by Gasteiger charge is 2.20. The average molecular weight is 359 g/mol. The van der Waals surface area contributed by atoms with E-state index in [0.717, 1.165) is 30.0 Å². The third-order valence-corrected chi connectivity index (χ3v) is 4.20. The number of thioether (sulfide) groups is 1. The molecule has 3 N–H and O–H groups in total. The molecule has 0 bridgehead atoms. The summed E-state index contributed by atoms with van der Waals surface area (Å²) < 4.78 is 26.7. The van der Waals surface area contributed by atoms with Crippen molar-refractivity contribution in [3.8, 4) is 12.1 Å². The molecule has 1 aromatic carbocycles. The average Bonchev–Trinajstić information content (AvgIpc) is 2.58. The van der Waals surface area contributed by atoms with Crippen LogP contribution >= 0.6 is 11.8 Å². The van der Waals surface area contributed by atoms with Crippen LogP contribution in [0.1, 0.15) is 18.1 Å². The highest BCUT2D eigenvalue weighted by atomic mass is 32.2. The molecule has 0 aliphatic heterocycles. The maximum absolute atomic E-state index is 13.6. The van der Waals surface area contributed by atoms with Crippen LogP contribution in [0.15, 0.2) is 29.3 Å². The first-order valence-corrected chi connectivity index (χ1v) is 7.77. The zero-order chi connectivity index (χ0) is 18.6. The Morgan fingerprint density at radius 3 is 2.60 bits per heavy atom. The molecule has 1 amide bonds. The van der Waals surface area contributed by atoms with E-state index in [1.807, 2.05) is 12.1 Å². The summed E-state index contributed by atoms with van der Waals surface area (Å²) >= 11 is 0.914. The molecule has 126 valence electrons. The summed E-state index contributed by atoms with van der Waals surface area (Å²) in [5.41, 5.74) is 5.48. The second kappa shape index (κ2) is 7.60. The Balaban J connectivity index is 2.19. The minimum absolute atomic E-state index is 0.0554. The minimum atomic E-state index is -0.783. The maximum Gasteiger partial charge on any atom is 0.237 e. The molecule has 1 atom stereocenters. The van der Waals surface area contributed by atoms with Crippen LogP contribution in [-0.2, 0) is 4.79 Å². The number of aromatic nitrogens is 1. The fraction of sp³-hybridized carbons (Fsp3) is 0.125. The van der Waals surface area contributed by atoms with Crippen LogP contribution in [0, 0.1) is 34.3 Å². The van der Waals surface area contributed by atoms with Crippen molar-refractivity contribution >= 4 is 29.2 Å². The van der Waals surface area contributed by atoms with E-state index < -0.39 is 22.8 Å². The molecule has 25 heavy (non-hydrogen) atoms. The van der Waals surface area contributed by atoms with Crippen LogP contribution in [-0.4, -0.2) is 16.1 Å². The number of hydrogen-bond acceptors (Lipinski definition) is 6. The van der Waals surface area contributed by atoms with Crippen LogP contribution in [0.25, 0.3) is 0 Å². The first-order valence-electron chi connectivity index (χ1n) is 6.89. The Hall–Kier alpha value is -3.17. The van der Waals surface area contributed by atoms with Gasteiger partial charge in [-0.25, -0.2) is 13.8 Å². The Morgan fingerprint density at radius 1 is 1.28 bits per heavy atom. The van der Waals surface area contributed by atoms with E-state index in [1.54, 1.807) is 0 Å². The van der Waals surface area contributed by atoms with E-state index in [4.69, 9.17) is 16.3 Å². The van der Waals surface area contributed by atoms with E-state index in [-0.39, 0.29) is 27.7 Å². The van der Waals surface area contributed by atoms with E-state index in [9.17, 15) is 13.6 Å². The van der Waals surface area contributed by atoms with Gasteiger partial charge in [0.2, 0.25) is 5.91 Å². The Bertz CT molecular complexity index is 920. The van der Waals surface area contributed by atoms with Gasteiger partial charge in [-0.05, 0) is 25.1 Å². The van der Waals surface area contributed by atoms with E-state index in [0.29, 0.717) is 0 Å². The molecule has 9 heteroatoms. The first-order chi connectivity index (χ1) is 11.8. The number of carbonyl (C=O) groups excluding carboxylic acids is 1. The fourth-order valence-electron chi connectivity index (χ4n) is 1.82. The van der Waals surface area contributed by atoms with Crippen molar-refractivity contribution in [2.24, 2.45) is 0 Å². The highest BCUT2D eigenvalue weighted by Crippen LogP contribution is 2.28. The lowest BCUT2D eigenvalue weighted by atomic mass is 10.2. The summed E-state index contributed by atoms with van der Waals surface area (Å²) in [5, 5.41) is 19.7. The quantitative estimate of drug-likeness (QED) is 0.811. The van der Waals surface area contributed by atoms with Gasteiger partial charge in [0.15, 0.2) is 0 Å². The summed E-state index contributed by atoms with van der Waals surface area (Å²) in [7, 11) is 0. The number of nitrogens with one attached hydrogen (secondary N) is 1. The van der Waals surface area contributed by atoms with Crippen molar-refractivity contribution in [1.29, 1.82) is 10.5 Å². The number of nitrogens with zero attached hydrogens (tertiary/aromatic N) is 3. The standard InChI is InChI=1S/C16H11F2N5OS/c1-8(15(24)22-13-5-11(17)2-3-12(13)18)25-16-10(7-20)4-9(6-19)14(21)23-16/h2-5,8H,1H3,(H2,21,23)(H,22,24)/t8-/m1/s1. The number of nitriles is 2. The molecule has 0 aliphatic rings. The monoisotopic (exact) mass is 359 g/mol. The Labute approximate surface area is 146 Å². The molecule has 6 nitrogen and oxygen atoms in total.